The number of hydrogen-bond acceptors (Lipinski definition) is 6. The maximum absolute atomic E-state index is 12.9. The van der Waals surface area contributed by atoms with Crippen LogP contribution in [0.3, 0.4) is 0 Å². The molecule has 6 nitrogen and oxygen atoms in total. The molecule has 0 fully saturated rings. The molecule has 0 saturated heterocycles. The van der Waals surface area contributed by atoms with Gasteiger partial charge in [0.05, 0.1) is 0 Å². The fourth-order valence-electron chi connectivity index (χ4n) is 8.70. The zero-order valence-corrected chi connectivity index (χ0v) is 46.1. The highest BCUT2D eigenvalue weighted by atomic mass is 16.6. The second-order valence-corrected chi connectivity index (χ2v) is 20.2. The van der Waals surface area contributed by atoms with Crippen molar-refractivity contribution in [2.75, 3.05) is 13.2 Å². The normalized spacial score (nSPS) is 12.3. The summed E-state index contributed by atoms with van der Waals surface area (Å²) in [6, 6.07) is 0. The predicted octanol–water partition coefficient (Wildman–Crippen LogP) is 20.2. The van der Waals surface area contributed by atoms with E-state index in [0.717, 1.165) is 77.0 Å². The molecular formula is C63H114O6. The molecule has 0 unspecified atom stereocenters. The van der Waals surface area contributed by atoms with Gasteiger partial charge < -0.3 is 14.2 Å². The van der Waals surface area contributed by atoms with Crippen LogP contribution in [0.1, 0.15) is 316 Å². The van der Waals surface area contributed by atoms with Crippen molar-refractivity contribution < 1.29 is 28.6 Å². The molecule has 0 aliphatic carbocycles. The number of allylic oxidation sites excluding steroid dienone is 8. The van der Waals surface area contributed by atoms with Gasteiger partial charge in [-0.05, 0) is 103 Å². The minimum atomic E-state index is -0.781. The number of carbonyl (C=O) groups is 3. The minimum absolute atomic E-state index is 0.0778. The fraction of sp³-hybridized carbons (Fsp3) is 0.825. The fourth-order valence-corrected chi connectivity index (χ4v) is 8.70. The van der Waals surface area contributed by atoms with Crippen LogP contribution in [0.25, 0.3) is 0 Å². The predicted molar refractivity (Wildman–Crippen MR) is 298 cm³/mol. The molecule has 0 aliphatic heterocycles. The van der Waals surface area contributed by atoms with E-state index in [-0.39, 0.29) is 31.1 Å². The zero-order chi connectivity index (χ0) is 50.0. The molecule has 402 valence electrons. The first kappa shape index (κ1) is 66.4. The van der Waals surface area contributed by atoms with Gasteiger partial charge in [0, 0.05) is 19.3 Å². The summed E-state index contributed by atoms with van der Waals surface area (Å²) in [5.41, 5.74) is 0. The van der Waals surface area contributed by atoms with Gasteiger partial charge in [-0.1, -0.05) is 243 Å². The topological polar surface area (TPSA) is 78.9 Å². The third kappa shape index (κ3) is 56.2. The Labute approximate surface area is 428 Å². The summed E-state index contributed by atoms with van der Waals surface area (Å²) in [5.74, 6) is -0.882. The van der Waals surface area contributed by atoms with Crippen molar-refractivity contribution in [1.29, 1.82) is 0 Å². The van der Waals surface area contributed by atoms with Gasteiger partial charge in [-0.25, -0.2) is 0 Å². The first-order valence-electron chi connectivity index (χ1n) is 30.1. The lowest BCUT2D eigenvalue weighted by atomic mass is 10.0. The Morgan fingerprint density at radius 3 is 0.855 bits per heavy atom. The molecule has 69 heavy (non-hydrogen) atoms. The molecule has 0 aromatic heterocycles. The zero-order valence-electron chi connectivity index (χ0n) is 46.1. The van der Waals surface area contributed by atoms with Gasteiger partial charge in [0.25, 0.3) is 0 Å². The lowest BCUT2D eigenvalue weighted by Crippen LogP contribution is -2.30. The molecular weight excluding hydrogens is 853 g/mol. The Balaban J connectivity index is 4.33. The van der Waals surface area contributed by atoms with E-state index < -0.39 is 6.10 Å². The summed E-state index contributed by atoms with van der Waals surface area (Å²) >= 11 is 0. The van der Waals surface area contributed by atoms with Gasteiger partial charge in [0.15, 0.2) is 6.10 Å². The van der Waals surface area contributed by atoms with Crippen molar-refractivity contribution in [3.05, 3.63) is 48.6 Å². The number of ether oxygens (including phenoxy) is 3. The molecule has 0 saturated carbocycles. The van der Waals surface area contributed by atoms with Crippen LogP contribution in [-0.2, 0) is 28.6 Å². The Kier molecular flexibility index (Phi) is 55.7. The molecule has 0 amide bonds. The van der Waals surface area contributed by atoms with Crippen LogP contribution in [0, 0.1) is 0 Å². The lowest BCUT2D eigenvalue weighted by molar-refractivity contribution is -0.167. The molecule has 0 radical (unpaired) electrons. The first-order valence-corrected chi connectivity index (χ1v) is 30.1. The van der Waals surface area contributed by atoms with Crippen LogP contribution in [0.5, 0.6) is 0 Å². The van der Waals surface area contributed by atoms with Gasteiger partial charge >= 0.3 is 17.9 Å². The smallest absolute Gasteiger partial charge is 0.306 e. The maximum atomic E-state index is 12.9. The third-order valence-corrected chi connectivity index (χ3v) is 13.3. The number of hydrogen-bond donors (Lipinski definition) is 0. The maximum Gasteiger partial charge on any atom is 0.306 e. The van der Waals surface area contributed by atoms with E-state index in [4.69, 9.17) is 14.2 Å². The van der Waals surface area contributed by atoms with E-state index in [9.17, 15) is 14.4 Å². The number of unbranched alkanes of at least 4 members (excludes halogenated alkanes) is 36. The Bertz CT molecular complexity index is 1200. The quantitative estimate of drug-likeness (QED) is 0.0262. The van der Waals surface area contributed by atoms with E-state index in [1.165, 1.54) is 199 Å². The SMILES string of the molecule is CCCCC/C=C\C/C=C\CCCCCCCC(=O)OC[C@H](COC(=O)CCCCCCCCCCCCC/C=C\CCCCCCCC)OC(=O)CCCCCCCCC/C=C\CCCCCC. The molecule has 0 aliphatic rings. The van der Waals surface area contributed by atoms with E-state index in [1.807, 2.05) is 0 Å². The molecule has 0 aromatic rings. The summed E-state index contributed by atoms with van der Waals surface area (Å²) in [5, 5.41) is 0. The van der Waals surface area contributed by atoms with Crippen molar-refractivity contribution in [1.82, 2.24) is 0 Å². The molecule has 6 heteroatoms. The van der Waals surface area contributed by atoms with Crippen LogP contribution in [-0.4, -0.2) is 37.2 Å². The van der Waals surface area contributed by atoms with Crippen LogP contribution < -0.4 is 0 Å². The lowest BCUT2D eigenvalue weighted by Gasteiger charge is -2.18. The molecule has 0 bridgehead atoms. The van der Waals surface area contributed by atoms with E-state index in [0.29, 0.717) is 19.3 Å². The Morgan fingerprint density at radius 1 is 0.290 bits per heavy atom. The van der Waals surface area contributed by atoms with Crippen molar-refractivity contribution in [2.24, 2.45) is 0 Å². The minimum Gasteiger partial charge on any atom is -0.462 e. The van der Waals surface area contributed by atoms with Gasteiger partial charge in [0.1, 0.15) is 13.2 Å². The number of esters is 3. The standard InChI is InChI=1S/C63H114O6/c1-4-7-10-13-16-19-22-25-28-29-30-31-32-33-36-38-41-44-47-50-53-56-62(65)68-59-60(69-63(66)57-54-51-48-45-42-39-35-27-24-21-18-15-12-9-6-3)58-67-61(64)55-52-49-46-43-40-37-34-26-23-20-17-14-11-8-5-2/h17,20-21,24-26,28,34,60H,4-16,18-19,22-23,27,29-33,35-59H2,1-3H3/b20-17-,24-21-,28-25-,34-26-/t60-/m1/s1. The van der Waals surface area contributed by atoms with Gasteiger partial charge in [-0.3, -0.25) is 14.4 Å². The summed E-state index contributed by atoms with van der Waals surface area (Å²) in [7, 11) is 0. The van der Waals surface area contributed by atoms with Gasteiger partial charge in [-0.15, -0.1) is 0 Å². The molecule has 0 heterocycles. The summed E-state index contributed by atoms with van der Waals surface area (Å²) in [4.78, 5) is 38.2. The van der Waals surface area contributed by atoms with Crippen LogP contribution in [0.2, 0.25) is 0 Å². The van der Waals surface area contributed by atoms with Crippen molar-refractivity contribution in [3.63, 3.8) is 0 Å². The highest BCUT2D eigenvalue weighted by Gasteiger charge is 2.19. The summed E-state index contributed by atoms with van der Waals surface area (Å²) in [6.45, 7) is 6.62. The number of rotatable bonds is 55. The molecule has 0 N–H and O–H groups in total. The highest BCUT2D eigenvalue weighted by Crippen LogP contribution is 2.16. The van der Waals surface area contributed by atoms with Gasteiger partial charge in [0.2, 0.25) is 0 Å². The third-order valence-electron chi connectivity index (χ3n) is 13.3. The van der Waals surface area contributed by atoms with Crippen LogP contribution >= 0.6 is 0 Å². The van der Waals surface area contributed by atoms with E-state index in [2.05, 4.69) is 69.4 Å². The van der Waals surface area contributed by atoms with Crippen molar-refractivity contribution >= 4 is 17.9 Å². The molecule has 0 rings (SSSR count). The van der Waals surface area contributed by atoms with Crippen molar-refractivity contribution in [2.45, 2.75) is 322 Å². The highest BCUT2D eigenvalue weighted by molar-refractivity contribution is 5.71. The number of carbonyl (C=O) groups excluding carboxylic acids is 3. The largest absolute Gasteiger partial charge is 0.462 e. The average Bonchev–Trinajstić information content (AvgIpc) is 3.35. The molecule has 1 atom stereocenters. The average molecular weight is 968 g/mol. The Hall–Kier alpha value is -2.63. The first-order chi connectivity index (χ1) is 34.0. The van der Waals surface area contributed by atoms with E-state index >= 15 is 0 Å². The summed E-state index contributed by atoms with van der Waals surface area (Å²) < 4.78 is 16.9. The monoisotopic (exact) mass is 967 g/mol. The molecule has 0 spiro atoms. The van der Waals surface area contributed by atoms with Crippen LogP contribution in [0.4, 0.5) is 0 Å². The van der Waals surface area contributed by atoms with E-state index in [1.54, 1.807) is 0 Å². The summed E-state index contributed by atoms with van der Waals surface area (Å²) in [6.07, 6.45) is 71.0. The van der Waals surface area contributed by atoms with Crippen LogP contribution in [0.15, 0.2) is 48.6 Å². The second-order valence-electron chi connectivity index (χ2n) is 20.2. The van der Waals surface area contributed by atoms with Gasteiger partial charge in [-0.2, -0.15) is 0 Å². The van der Waals surface area contributed by atoms with Crippen molar-refractivity contribution in [3.8, 4) is 0 Å². The second kappa shape index (κ2) is 57.9. The Morgan fingerprint density at radius 2 is 0.522 bits per heavy atom. The molecule has 0 aromatic carbocycles.